The molecule has 11 heterocycles. The SMILES string of the molecule is Cc1cc(/C=C/C#N)cc(Oc2c(C(C)C)c(=O)[nH]c(=O)n2Cc2ccncc2)c1.Cc1cc(C=O)cc(Oc2c(C(C)C)c(=O)[nH]c(=O)n2Cc2ccncc2)c1.Cc1cc(CCC#N)cc(Oc2c(C(C)C)c(=O)[nH]c(=O)n2Cc2ccncc2)c1.Cc1cc(Oc2[nH]c(=O)[nH]c(=O)c2C(C)C)cc(C2OCCO2)c1.Cc1cc(Oc2c(C(C)C)c(=O)[nH]c(=O)n2Cc2ccncc2)cc(C2OCCO2)c1.[B]. The quantitative estimate of drug-likeness (QED) is 0.0144. The fourth-order valence-corrected chi connectivity index (χ4v) is 15.9. The van der Waals surface area contributed by atoms with Crippen LogP contribution in [0.25, 0.3) is 6.08 Å². The largest absolute Gasteiger partial charge is 0.440 e. The second-order valence-corrected chi connectivity index (χ2v) is 35.5. The van der Waals surface area contributed by atoms with Crippen molar-refractivity contribution in [3.63, 3.8) is 0 Å². The van der Waals surface area contributed by atoms with Gasteiger partial charge in [-0.25, -0.2) is 24.0 Å². The molecule has 0 unspecified atom stereocenters. The molecule has 5 aromatic carbocycles. The zero-order valence-electron chi connectivity index (χ0n) is 82.5. The average Bonchev–Trinajstić information content (AvgIpc) is 1.03. The van der Waals surface area contributed by atoms with Gasteiger partial charge in [-0.15, -0.1) is 0 Å². The molecule has 0 spiro atoms. The van der Waals surface area contributed by atoms with Crippen molar-refractivity contribution in [3.05, 3.63) is 405 Å². The highest BCUT2D eigenvalue weighted by atomic mass is 16.7. The molecule has 16 rings (SSSR count). The Morgan fingerprint density at radius 2 is 0.653 bits per heavy atom. The fourth-order valence-electron chi connectivity index (χ4n) is 15.9. The first-order valence-electron chi connectivity index (χ1n) is 46.2. The first-order valence-corrected chi connectivity index (χ1v) is 46.2. The molecule has 6 N–H and O–H groups in total. The van der Waals surface area contributed by atoms with Crippen molar-refractivity contribution in [2.24, 2.45) is 0 Å². The Labute approximate surface area is 829 Å². The number of allylic oxidation sites excluding steroid dienone is 1. The number of carbonyl (C=O) groups excluding carboxylic acids is 1. The highest BCUT2D eigenvalue weighted by molar-refractivity contribution is 5.76. The lowest BCUT2D eigenvalue weighted by Crippen LogP contribution is -2.34. The Bertz CT molecular complexity index is 7650. The number of H-pyrrole nitrogens is 6. The van der Waals surface area contributed by atoms with E-state index in [1.165, 1.54) is 24.3 Å². The van der Waals surface area contributed by atoms with Gasteiger partial charge in [0.1, 0.15) is 35.0 Å². The fraction of sp³-hybridized carbons (Fsp3) is 0.299. The Morgan fingerprint density at radius 1 is 0.361 bits per heavy atom. The predicted molar refractivity (Wildman–Crippen MR) is 542 cm³/mol. The molecule has 743 valence electrons. The molecule has 2 saturated heterocycles. The van der Waals surface area contributed by atoms with Crippen molar-refractivity contribution < 1.29 is 47.4 Å². The Balaban J connectivity index is 0.000000172. The molecule has 0 amide bonds. The maximum atomic E-state index is 12.7. The van der Waals surface area contributed by atoms with Gasteiger partial charge in [0, 0.05) is 87.2 Å². The maximum Gasteiger partial charge on any atom is 0.331 e. The van der Waals surface area contributed by atoms with Crippen LogP contribution in [-0.4, -0.2) is 109 Å². The topological polar surface area (TPSA) is 484 Å². The van der Waals surface area contributed by atoms with Crippen LogP contribution < -0.4 is 79.9 Å². The van der Waals surface area contributed by atoms with Crippen molar-refractivity contribution in [2.75, 3.05) is 26.4 Å². The van der Waals surface area contributed by atoms with Gasteiger partial charge in [-0.1, -0.05) is 93.5 Å². The smallest absolute Gasteiger partial charge is 0.331 e. The van der Waals surface area contributed by atoms with Gasteiger partial charge >= 0.3 is 28.4 Å². The second kappa shape index (κ2) is 50.5. The number of nitrogens with zero attached hydrogens (tertiary/aromatic N) is 10. The third kappa shape index (κ3) is 28.8. The van der Waals surface area contributed by atoms with Gasteiger partial charge in [0.2, 0.25) is 29.4 Å². The van der Waals surface area contributed by atoms with Gasteiger partial charge in [0.05, 0.1) is 92.6 Å². The molecule has 2 fully saturated rings. The first kappa shape index (κ1) is 108. The van der Waals surface area contributed by atoms with Crippen molar-refractivity contribution in [3.8, 4) is 70.3 Å². The number of ether oxygens (including phenoxy) is 9. The minimum Gasteiger partial charge on any atom is -0.440 e. The van der Waals surface area contributed by atoms with Crippen molar-refractivity contribution >= 4 is 20.8 Å². The summed E-state index contributed by atoms with van der Waals surface area (Å²) in [5.41, 5.74) is 8.78. The van der Waals surface area contributed by atoms with Crippen molar-refractivity contribution in [1.29, 1.82) is 10.5 Å². The molecule has 2 aliphatic rings. The molecule has 9 aromatic heterocycles. The van der Waals surface area contributed by atoms with Crippen LogP contribution in [0.4, 0.5) is 0 Å². The number of hydrogen-bond acceptors (Lipinski definition) is 26. The summed E-state index contributed by atoms with van der Waals surface area (Å²) in [6, 6.07) is 45.9. The normalized spacial score (nSPS) is 12.3. The minimum absolute atomic E-state index is 0. The average molecular weight is 1950 g/mol. The van der Waals surface area contributed by atoms with Gasteiger partial charge in [-0.05, 0) is 253 Å². The highest BCUT2D eigenvalue weighted by Gasteiger charge is 2.29. The molecule has 14 aromatic rings. The van der Waals surface area contributed by atoms with E-state index >= 15 is 0 Å². The van der Waals surface area contributed by atoms with Crippen LogP contribution in [0, 0.1) is 57.3 Å². The lowest BCUT2D eigenvalue weighted by atomic mass is 10.1. The molecule has 3 radical (unpaired) electrons. The Morgan fingerprint density at radius 3 is 0.972 bits per heavy atom. The number of aryl methyl sites for hydroxylation is 6. The first-order chi connectivity index (χ1) is 68.5. The zero-order valence-corrected chi connectivity index (χ0v) is 82.5. The number of pyridine rings is 4. The summed E-state index contributed by atoms with van der Waals surface area (Å²) in [5, 5.41) is 17.7. The standard InChI is InChI=1S/C23H24N4O3.C23H22N4O3.C23H25N3O5.C21H21N3O4.C17H20N2O5.B/c2*1-15(2)20-21(28)26-23(29)27(14-17-6-9-25-10-7-17)22(20)30-19-12-16(3)11-18(13-19)5-4-8-24;1-14(2)19-20(27)25-23(28)26(13-16-4-6-24-7-5-16)21(19)31-18-11-15(3)10-17(12-18)22-29-8-9-30-22;1-13(2)18-19(26)23-21(27)24(11-15-4-6-22-7-5-15)20(18)28-17-9-14(3)8-16(10-17)12-25;1-9(2)13-14(20)18-17(21)19-15(13)24-12-7-10(3)6-11(8-12)16-22-4-5-23-16;/h6-7,9-13,15H,4-5,14H2,1-3H3,(H,26,28,29);4-7,9-13,15H,14H2,1-3H3,(H,26,28,29);4-7,10-12,14,22H,8-9,13H2,1-3H3,(H,25,27,28);4-10,12-13H,11H2,1-3H3,(H,23,26,27);6-9,16H,4-5H2,1-3H3,(H2,18,19,20,21);/b;5-4+;;;;. The van der Waals surface area contributed by atoms with E-state index in [4.69, 9.17) is 53.2 Å². The molecule has 0 atom stereocenters. The van der Waals surface area contributed by atoms with Crippen molar-refractivity contribution in [1.82, 2.24) is 68.1 Å². The maximum absolute atomic E-state index is 12.7. The van der Waals surface area contributed by atoms with E-state index in [1.54, 1.807) is 110 Å². The molecule has 0 saturated carbocycles. The van der Waals surface area contributed by atoms with Gasteiger partial charge in [0.25, 0.3) is 27.8 Å². The van der Waals surface area contributed by atoms with E-state index in [0.29, 0.717) is 101 Å². The Kier molecular flexibility index (Phi) is 37.8. The van der Waals surface area contributed by atoms with Gasteiger partial charge in [-0.3, -0.25) is 96.9 Å². The van der Waals surface area contributed by atoms with Crippen molar-refractivity contribution in [2.45, 2.75) is 185 Å². The van der Waals surface area contributed by atoms with E-state index in [9.17, 15) is 52.7 Å². The van der Waals surface area contributed by atoms with Crippen LogP contribution in [-0.2, 0) is 51.5 Å². The number of nitriles is 2. The summed E-state index contributed by atoms with van der Waals surface area (Å²) in [6.45, 7) is 31.3. The van der Waals surface area contributed by atoms with E-state index in [0.717, 1.165) is 78.6 Å². The number of rotatable bonds is 29. The minimum atomic E-state index is -0.602. The van der Waals surface area contributed by atoms with Gasteiger partial charge in [-0.2, -0.15) is 10.5 Å². The molecule has 2 aliphatic heterocycles. The van der Waals surface area contributed by atoms with Gasteiger partial charge in [0.15, 0.2) is 12.6 Å². The molecule has 144 heavy (non-hydrogen) atoms. The number of aldehydes is 1. The predicted octanol–water partition coefficient (Wildman–Crippen LogP) is 15.6. The van der Waals surface area contributed by atoms with Crippen LogP contribution >= 0.6 is 0 Å². The zero-order chi connectivity index (χ0) is 103. The molecule has 36 nitrogen and oxygen atoms in total. The second-order valence-electron chi connectivity index (χ2n) is 35.5. The summed E-state index contributed by atoms with van der Waals surface area (Å²) < 4.78 is 58.3. The Hall–Kier alpha value is -16.6. The monoisotopic (exact) mass is 1950 g/mol. The van der Waals surface area contributed by atoms with Crippen LogP contribution in [0.15, 0.2) is 243 Å². The molecule has 0 aliphatic carbocycles. The number of benzene rings is 5. The van der Waals surface area contributed by atoms with Crippen LogP contribution in [0.1, 0.15) is 228 Å². The van der Waals surface area contributed by atoms with Crippen LogP contribution in [0.2, 0.25) is 0 Å². The molecular formula is C107H112BN16O20. The summed E-state index contributed by atoms with van der Waals surface area (Å²) in [6.07, 6.45) is 17.1. The number of nitrogens with one attached hydrogen (secondary N) is 6. The van der Waals surface area contributed by atoms with E-state index in [1.807, 2.05) is 195 Å². The third-order valence-electron chi connectivity index (χ3n) is 22.2. The third-order valence-corrected chi connectivity index (χ3v) is 22.2. The number of carbonyl (C=O) groups is 1. The summed E-state index contributed by atoms with van der Waals surface area (Å²) >= 11 is 0. The molecule has 37 heteroatoms. The summed E-state index contributed by atoms with van der Waals surface area (Å²) in [7, 11) is 0. The summed E-state index contributed by atoms with van der Waals surface area (Å²) in [4.78, 5) is 166. The van der Waals surface area contributed by atoms with Crippen LogP contribution in [0.5, 0.6) is 58.1 Å². The lowest BCUT2D eigenvalue weighted by molar-refractivity contribution is -0.0444. The van der Waals surface area contributed by atoms with Gasteiger partial charge < -0.3 is 42.6 Å². The summed E-state index contributed by atoms with van der Waals surface area (Å²) in [5.74, 6) is 2.61. The highest BCUT2D eigenvalue weighted by Crippen LogP contribution is 2.38. The lowest BCUT2D eigenvalue weighted by Gasteiger charge is -2.19. The number of aromatic amines is 6. The number of aromatic nitrogens is 14. The molecular weight excluding hydrogens is 1840 g/mol. The van der Waals surface area contributed by atoms with E-state index < -0.39 is 68.8 Å². The van der Waals surface area contributed by atoms with E-state index in [2.05, 4.69) is 55.9 Å². The van der Waals surface area contributed by atoms with E-state index in [-0.39, 0.29) is 93.6 Å². The number of hydrogen-bond donors (Lipinski definition) is 6. The molecule has 0 bridgehead atoms. The van der Waals surface area contributed by atoms with Crippen LogP contribution in [0.3, 0.4) is 0 Å².